The average Bonchev–Trinajstić information content (AvgIpc) is 3.08. The zero-order valence-electron chi connectivity index (χ0n) is 18.0. The highest BCUT2D eigenvalue weighted by Crippen LogP contribution is 2.17. The van der Waals surface area contributed by atoms with Crippen LogP contribution in [0.3, 0.4) is 0 Å². The highest BCUT2D eigenvalue weighted by Gasteiger charge is 2.16. The molecule has 2 aromatic carbocycles. The van der Waals surface area contributed by atoms with E-state index in [2.05, 4.69) is 15.6 Å². The first-order chi connectivity index (χ1) is 15.2. The fraction of sp³-hybridized carbons (Fsp3) is 0.227. The van der Waals surface area contributed by atoms with Crippen LogP contribution >= 0.6 is 0 Å². The number of aryl methyl sites for hydroxylation is 2. The quantitative estimate of drug-likeness (QED) is 0.241. The van der Waals surface area contributed by atoms with Gasteiger partial charge in [0.1, 0.15) is 0 Å². The van der Waals surface area contributed by atoms with Crippen LogP contribution in [0, 0.1) is 24.0 Å². The molecule has 1 atom stereocenters. The Hall–Kier alpha value is -4.21. The first-order valence-electron chi connectivity index (χ1n) is 9.88. The molecule has 10 nitrogen and oxygen atoms in total. The van der Waals surface area contributed by atoms with Gasteiger partial charge in [0, 0.05) is 29.1 Å². The third-order valence-corrected chi connectivity index (χ3v) is 4.66. The average molecular weight is 436 g/mol. The molecule has 0 fully saturated rings. The second-order valence-electron chi connectivity index (χ2n) is 7.31. The molecular weight excluding hydrogens is 412 g/mol. The lowest BCUT2D eigenvalue weighted by atomic mass is 10.1. The number of oxime groups is 1. The van der Waals surface area contributed by atoms with Crippen molar-refractivity contribution in [2.24, 2.45) is 10.9 Å². The maximum atomic E-state index is 12.3. The lowest BCUT2D eigenvalue weighted by molar-refractivity contribution is -0.384. The Balaban J connectivity index is 1.63. The Labute approximate surface area is 184 Å². The van der Waals surface area contributed by atoms with Crippen molar-refractivity contribution in [3.63, 3.8) is 0 Å². The fourth-order valence-electron chi connectivity index (χ4n) is 3.01. The van der Waals surface area contributed by atoms with Crippen LogP contribution in [0.15, 0.2) is 59.8 Å². The summed E-state index contributed by atoms with van der Waals surface area (Å²) in [5, 5.41) is 21.7. The van der Waals surface area contributed by atoms with Gasteiger partial charge in [0.15, 0.2) is 5.84 Å². The minimum atomic E-state index is -0.967. The maximum Gasteiger partial charge on any atom is 0.271 e. The summed E-state index contributed by atoms with van der Waals surface area (Å²) in [7, 11) is 0. The number of hydrogen-bond donors (Lipinski definition) is 2. The Morgan fingerprint density at radius 1 is 1.25 bits per heavy atom. The Morgan fingerprint density at radius 2 is 2.00 bits per heavy atom. The summed E-state index contributed by atoms with van der Waals surface area (Å²) >= 11 is 0. The predicted octanol–water partition coefficient (Wildman–Crippen LogP) is 3.12. The number of benzene rings is 2. The van der Waals surface area contributed by atoms with Crippen LogP contribution in [0.2, 0.25) is 0 Å². The van der Waals surface area contributed by atoms with Gasteiger partial charge in [-0.15, -0.1) is 0 Å². The molecule has 0 aliphatic carbocycles. The van der Waals surface area contributed by atoms with E-state index in [1.807, 2.05) is 42.8 Å². The molecule has 0 aliphatic rings. The molecule has 1 unspecified atom stereocenters. The van der Waals surface area contributed by atoms with Crippen LogP contribution in [0.25, 0.3) is 0 Å². The number of amides is 1. The van der Waals surface area contributed by atoms with Gasteiger partial charge in [-0.1, -0.05) is 29.4 Å². The molecule has 3 rings (SSSR count). The van der Waals surface area contributed by atoms with E-state index in [-0.39, 0.29) is 17.2 Å². The number of nitrogens with one attached hydrogen (secondary N) is 1. The van der Waals surface area contributed by atoms with Crippen molar-refractivity contribution >= 4 is 23.1 Å². The van der Waals surface area contributed by atoms with Crippen LogP contribution in [0.5, 0.6) is 0 Å². The fourth-order valence-corrected chi connectivity index (χ4v) is 3.01. The van der Waals surface area contributed by atoms with Crippen molar-refractivity contribution in [1.29, 1.82) is 0 Å². The van der Waals surface area contributed by atoms with Crippen LogP contribution in [0.1, 0.15) is 29.4 Å². The molecule has 1 amide bonds. The molecule has 0 saturated carbocycles. The number of rotatable bonds is 8. The molecule has 3 aromatic rings. The van der Waals surface area contributed by atoms with Gasteiger partial charge in [-0.2, -0.15) is 5.10 Å². The number of hydrogen-bond acceptors (Lipinski definition) is 6. The van der Waals surface area contributed by atoms with E-state index in [1.54, 1.807) is 12.1 Å². The molecule has 0 spiro atoms. The van der Waals surface area contributed by atoms with E-state index in [9.17, 15) is 14.9 Å². The number of non-ortho nitro benzene ring substituents is 1. The topological polar surface area (TPSA) is 138 Å². The van der Waals surface area contributed by atoms with Crippen molar-refractivity contribution in [1.82, 2.24) is 9.78 Å². The second kappa shape index (κ2) is 9.73. The van der Waals surface area contributed by atoms with Crippen LogP contribution < -0.4 is 11.1 Å². The molecule has 166 valence electrons. The maximum absolute atomic E-state index is 12.3. The third-order valence-electron chi connectivity index (χ3n) is 4.66. The van der Waals surface area contributed by atoms with E-state index in [0.717, 1.165) is 17.0 Å². The van der Waals surface area contributed by atoms with Gasteiger partial charge in [0.05, 0.1) is 17.2 Å². The largest absolute Gasteiger partial charge is 0.381 e. The number of carbonyl (C=O) groups is 1. The number of nitro benzene ring substituents is 1. The summed E-state index contributed by atoms with van der Waals surface area (Å²) in [6.07, 6.45) is -0.967. The van der Waals surface area contributed by atoms with Gasteiger partial charge in [-0.25, -0.2) is 0 Å². The smallest absolute Gasteiger partial charge is 0.271 e. The molecule has 3 N–H and O–H groups in total. The van der Waals surface area contributed by atoms with Gasteiger partial charge < -0.3 is 15.9 Å². The Bertz CT molecular complexity index is 1170. The second-order valence-corrected chi connectivity index (χ2v) is 7.31. The number of nitrogens with two attached hydrogens (primary N) is 1. The predicted molar refractivity (Wildman–Crippen MR) is 120 cm³/mol. The molecule has 0 radical (unpaired) electrons. The molecule has 32 heavy (non-hydrogen) atoms. The lowest BCUT2D eigenvalue weighted by Crippen LogP contribution is -2.27. The van der Waals surface area contributed by atoms with Crippen LogP contribution in [-0.4, -0.2) is 32.6 Å². The Morgan fingerprint density at radius 3 is 2.69 bits per heavy atom. The minimum Gasteiger partial charge on any atom is -0.381 e. The number of aromatic nitrogens is 2. The summed E-state index contributed by atoms with van der Waals surface area (Å²) in [6, 6.07) is 15.1. The summed E-state index contributed by atoms with van der Waals surface area (Å²) in [5.41, 5.74) is 9.85. The number of nitro groups is 1. The van der Waals surface area contributed by atoms with Crippen molar-refractivity contribution in [2.45, 2.75) is 33.4 Å². The number of anilines is 1. The van der Waals surface area contributed by atoms with Crippen LogP contribution in [0.4, 0.5) is 11.4 Å². The standard InChI is InChI=1S/C22H24N6O4/c1-14-10-15(2)27(25-14)13-17-6-4-7-18(11-17)21(23)26-32-16(3)22(29)24-19-8-5-9-20(12-19)28(30)31/h4-12,16H,13H2,1-3H3,(H2,23,26)(H,24,29). The van der Waals surface area contributed by atoms with Crippen LogP contribution in [-0.2, 0) is 16.2 Å². The molecule has 0 saturated heterocycles. The summed E-state index contributed by atoms with van der Waals surface area (Å²) in [4.78, 5) is 27.9. The Kier molecular flexibility index (Phi) is 6.83. The van der Waals surface area contributed by atoms with Gasteiger partial charge in [0.25, 0.3) is 11.6 Å². The molecular formula is C22H24N6O4. The van der Waals surface area contributed by atoms with E-state index in [1.165, 1.54) is 25.1 Å². The van der Waals surface area contributed by atoms with Crippen molar-refractivity contribution < 1.29 is 14.6 Å². The highest BCUT2D eigenvalue weighted by atomic mass is 16.6. The van der Waals surface area contributed by atoms with E-state index >= 15 is 0 Å². The molecule has 1 heterocycles. The third kappa shape index (κ3) is 5.69. The molecule has 0 bridgehead atoms. The SMILES string of the molecule is Cc1cc(C)n(Cc2cccc(/C(N)=N\OC(C)C(=O)Nc3cccc([N+](=O)[O-])c3)c2)n1. The van der Waals surface area contributed by atoms with Gasteiger partial charge in [0.2, 0.25) is 6.10 Å². The first-order valence-corrected chi connectivity index (χ1v) is 9.88. The molecule has 0 aliphatic heterocycles. The van der Waals surface area contributed by atoms with Gasteiger partial charge >= 0.3 is 0 Å². The molecule has 10 heteroatoms. The summed E-state index contributed by atoms with van der Waals surface area (Å²) < 4.78 is 1.90. The lowest BCUT2D eigenvalue weighted by Gasteiger charge is -2.11. The number of amidine groups is 1. The monoisotopic (exact) mass is 436 g/mol. The summed E-state index contributed by atoms with van der Waals surface area (Å²) in [6.45, 7) is 6.03. The molecule has 1 aromatic heterocycles. The van der Waals surface area contributed by atoms with Gasteiger partial charge in [-0.3, -0.25) is 19.6 Å². The normalized spacial score (nSPS) is 12.3. The van der Waals surface area contributed by atoms with Crippen molar-refractivity contribution in [3.8, 4) is 0 Å². The van der Waals surface area contributed by atoms with Crippen molar-refractivity contribution in [2.75, 3.05) is 5.32 Å². The minimum absolute atomic E-state index is 0.121. The summed E-state index contributed by atoms with van der Waals surface area (Å²) in [5.74, 6) is -0.393. The van der Waals surface area contributed by atoms with Crippen molar-refractivity contribution in [3.05, 3.63) is 87.2 Å². The van der Waals surface area contributed by atoms with E-state index in [4.69, 9.17) is 10.6 Å². The van der Waals surface area contributed by atoms with E-state index in [0.29, 0.717) is 12.1 Å². The highest BCUT2D eigenvalue weighted by molar-refractivity contribution is 5.97. The zero-order chi connectivity index (χ0) is 23.3. The number of carbonyl (C=O) groups excluding carboxylic acids is 1. The first kappa shape index (κ1) is 22.5. The van der Waals surface area contributed by atoms with E-state index < -0.39 is 16.9 Å². The number of nitrogens with zero attached hydrogens (tertiary/aromatic N) is 4. The zero-order valence-corrected chi connectivity index (χ0v) is 18.0. The van der Waals surface area contributed by atoms with Gasteiger partial charge in [-0.05, 0) is 44.5 Å².